The van der Waals surface area contributed by atoms with Gasteiger partial charge < -0.3 is 15.0 Å². The first-order valence-corrected chi connectivity index (χ1v) is 7.82. The van der Waals surface area contributed by atoms with E-state index in [9.17, 15) is 9.59 Å². The van der Waals surface area contributed by atoms with Crippen LogP contribution in [0.25, 0.3) is 0 Å². The van der Waals surface area contributed by atoms with Crippen LogP contribution < -0.4 is 5.32 Å². The molecule has 0 atom stereocenters. The SMILES string of the molecule is CCOC(=O)c1ccc(NC(=O)N(C)Cc2cccc(C#N)c2)cc1. The van der Waals surface area contributed by atoms with Gasteiger partial charge in [0.25, 0.3) is 0 Å². The number of nitrogens with one attached hydrogen (secondary N) is 1. The second-order valence-electron chi connectivity index (χ2n) is 5.40. The Morgan fingerprint density at radius 3 is 2.56 bits per heavy atom. The summed E-state index contributed by atoms with van der Waals surface area (Å²) in [4.78, 5) is 25.4. The Labute approximate surface area is 146 Å². The molecule has 0 aromatic heterocycles. The van der Waals surface area contributed by atoms with Gasteiger partial charge in [0.15, 0.2) is 0 Å². The number of carbonyl (C=O) groups excluding carboxylic acids is 2. The Bertz CT molecular complexity index is 794. The molecule has 0 radical (unpaired) electrons. The summed E-state index contributed by atoms with van der Waals surface area (Å²) in [5.41, 5.74) is 2.44. The molecule has 0 unspecified atom stereocenters. The van der Waals surface area contributed by atoms with Gasteiger partial charge in [-0.2, -0.15) is 5.26 Å². The fourth-order valence-electron chi connectivity index (χ4n) is 2.21. The van der Waals surface area contributed by atoms with E-state index in [4.69, 9.17) is 10.00 Å². The summed E-state index contributed by atoms with van der Waals surface area (Å²) in [6.07, 6.45) is 0. The van der Waals surface area contributed by atoms with Crippen molar-refractivity contribution >= 4 is 17.7 Å². The molecule has 2 aromatic rings. The van der Waals surface area contributed by atoms with E-state index in [1.165, 1.54) is 4.90 Å². The first-order valence-electron chi connectivity index (χ1n) is 7.82. The van der Waals surface area contributed by atoms with Gasteiger partial charge in [0.05, 0.1) is 23.8 Å². The van der Waals surface area contributed by atoms with Crippen LogP contribution in [0.4, 0.5) is 10.5 Å². The van der Waals surface area contributed by atoms with Crippen molar-refractivity contribution in [3.8, 4) is 6.07 Å². The van der Waals surface area contributed by atoms with E-state index in [-0.39, 0.29) is 6.03 Å². The normalized spacial score (nSPS) is 9.80. The van der Waals surface area contributed by atoms with Crippen molar-refractivity contribution in [3.63, 3.8) is 0 Å². The number of amides is 2. The standard InChI is InChI=1S/C19H19N3O3/c1-3-25-18(23)16-7-9-17(10-8-16)21-19(24)22(2)13-15-6-4-5-14(11-15)12-20/h4-11H,3,13H2,1-2H3,(H,21,24). The maximum Gasteiger partial charge on any atom is 0.338 e. The molecule has 0 heterocycles. The predicted octanol–water partition coefficient (Wildman–Crippen LogP) is 3.40. The van der Waals surface area contributed by atoms with E-state index < -0.39 is 5.97 Å². The van der Waals surface area contributed by atoms with Crippen molar-refractivity contribution in [1.29, 1.82) is 5.26 Å². The van der Waals surface area contributed by atoms with Crippen LogP contribution in [-0.2, 0) is 11.3 Å². The molecule has 6 heteroatoms. The van der Waals surface area contributed by atoms with Crippen LogP contribution in [0.15, 0.2) is 48.5 Å². The molecule has 2 amide bonds. The van der Waals surface area contributed by atoms with Crippen LogP contribution in [-0.4, -0.2) is 30.6 Å². The van der Waals surface area contributed by atoms with Crippen LogP contribution >= 0.6 is 0 Å². The van der Waals surface area contributed by atoms with Crippen LogP contribution in [0, 0.1) is 11.3 Å². The van der Waals surface area contributed by atoms with Crippen LogP contribution in [0.3, 0.4) is 0 Å². The number of hydrogen-bond donors (Lipinski definition) is 1. The van der Waals surface area contributed by atoms with Crippen molar-refractivity contribution in [2.45, 2.75) is 13.5 Å². The molecule has 0 saturated carbocycles. The van der Waals surface area contributed by atoms with E-state index in [0.29, 0.717) is 30.0 Å². The molecule has 2 rings (SSSR count). The zero-order chi connectivity index (χ0) is 18.2. The highest BCUT2D eigenvalue weighted by Crippen LogP contribution is 2.12. The molecule has 0 aliphatic rings. The Kier molecular flexibility index (Phi) is 6.13. The first-order chi connectivity index (χ1) is 12.0. The summed E-state index contributed by atoms with van der Waals surface area (Å²) in [7, 11) is 1.67. The van der Waals surface area contributed by atoms with E-state index in [1.54, 1.807) is 56.4 Å². The second kappa shape index (κ2) is 8.50. The highest BCUT2D eigenvalue weighted by molar-refractivity contribution is 5.92. The number of nitrogens with zero attached hydrogens (tertiary/aromatic N) is 2. The molecule has 0 saturated heterocycles. The fourth-order valence-corrected chi connectivity index (χ4v) is 2.21. The Balaban J connectivity index is 1.96. The molecule has 0 spiro atoms. The monoisotopic (exact) mass is 337 g/mol. The molecule has 1 N–H and O–H groups in total. The number of benzene rings is 2. The zero-order valence-corrected chi connectivity index (χ0v) is 14.2. The summed E-state index contributed by atoms with van der Waals surface area (Å²) in [5.74, 6) is -0.394. The van der Waals surface area contributed by atoms with Gasteiger partial charge in [-0.3, -0.25) is 0 Å². The van der Waals surface area contributed by atoms with E-state index in [1.807, 2.05) is 6.07 Å². The van der Waals surface area contributed by atoms with Crippen LogP contribution in [0.5, 0.6) is 0 Å². The molecule has 0 aliphatic heterocycles. The van der Waals surface area contributed by atoms with Gasteiger partial charge in [-0.25, -0.2) is 9.59 Å². The van der Waals surface area contributed by atoms with E-state index >= 15 is 0 Å². The molecular formula is C19H19N3O3. The minimum absolute atomic E-state index is 0.286. The van der Waals surface area contributed by atoms with Gasteiger partial charge in [-0.05, 0) is 48.9 Å². The number of rotatable bonds is 5. The highest BCUT2D eigenvalue weighted by Gasteiger charge is 2.11. The average molecular weight is 337 g/mol. The third-order valence-corrected chi connectivity index (χ3v) is 3.47. The number of urea groups is 1. The van der Waals surface area contributed by atoms with Crippen molar-refractivity contribution < 1.29 is 14.3 Å². The number of ether oxygens (including phenoxy) is 1. The number of anilines is 1. The highest BCUT2D eigenvalue weighted by atomic mass is 16.5. The molecule has 2 aromatic carbocycles. The molecule has 0 bridgehead atoms. The van der Waals surface area contributed by atoms with Crippen molar-refractivity contribution in [2.75, 3.05) is 19.0 Å². The largest absolute Gasteiger partial charge is 0.462 e. The maximum absolute atomic E-state index is 12.3. The third-order valence-electron chi connectivity index (χ3n) is 3.47. The average Bonchev–Trinajstić information content (AvgIpc) is 2.62. The molecule has 6 nitrogen and oxygen atoms in total. The maximum atomic E-state index is 12.3. The summed E-state index contributed by atoms with van der Waals surface area (Å²) in [6.45, 7) is 2.44. The summed E-state index contributed by atoms with van der Waals surface area (Å²) in [6, 6.07) is 15.4. The third kappa shape index (κ3) is 5.08. The molecule has 0 aliphatic carbocycles. The number of nitriles is 1. The van der Waals surface area contributed by atoms with E-state index in [0.717, 1.165) is 5.56 Å². The van der Waals surface area contributed by atoms with Crippen molar-refractivity contribution in [1.82, 2.24) is 4.90 Å². The Morgan fingerprint density at radius 2 is 1.92 bits per heavy atom. The summed E-state index contributed by atoms with van der Waals surface area (Å²) >= 11 is 0. The molecule has 128 valence electrons. The fraction of sp³-hybridized carbons (Fsp3) is 0.211. The number of carbonyl (C=O) groups is 2. The topological polar surface area (TPSA) is 82.4 Å². The quantitative estimate of drug-likeness (QED) is 0.848. The van der Waals surface area contributed by atoms with Gasteiger partial charge in [-0.1, -0.05) is 12.1 Å². The lowest BCUT2D eigenvalue weighted by atomic mass is 10.1. The molecule has 25 heavy (non-hydrogen) atoms. The lowest BCUT2D eigenvalue weighted by Gasteiger charge is -2.18. The van der Waals surface area contributed by atoms with Crippen LogP contribution in [0.1, 0.15) is 28.4 Å². The summed E-state index contributed by atoms with van der Waals surface area (Å²) < 4.78 is 4.91. The predicted molar refractivity (Wildman–Crippen MR) is 94.0 cm³/mol. The minimum atomic E-state index is -0.394. The van der Waals surface area contributed by atoms with Crippen molar-refractivity contribution in [2.24, 2.45) is 0 Å². The van der Waals surface area contributed by atoms with Crippen LogP contribution in [0.2, 0.25) is 0 Å². The summed E-state index contributed by atoms with van der Waals surface area (Å²) in [5, 5.41) is 11.7. The van der Waals surface area contributed by atoms with Gasteiger partial charge in [0.1, 0.15) is 0 Å². The molecule has 0 fully saturated rings. The lowest BCUT2D eigenvalue weighted by Crippen LogP contribution is -2.30. The number of esters is 1. The number of hydrogen-bond acceptors (Lipinski definition) is 4. The smallest absolute Gasteiger partial charge is 0.338 e. The van der Waals surface area contributed by atoms with Gasteiger partial charge >= 0.3 is 12.0 Å². The minimum Gasteiger partial charge on any atom is -0.462 e. The lowest BCUT2D eigenvalue weighted by molar-refractivity contribution is 0.0526. The van der Waals surface area contributed by atoms with Gasteiger partial charge in [-0.15, -0.1) is 0 Å². The Hall–Kier alpha value is -3.33. The zero-order valence-electron chi connectivity index (χ0n) is 14.2. The van der Waals surface area contributed by atoms with E-state index in [2.05, 4.69) is 11.4 Å². The van der Waals surface area contributed by atoms with Crippen molar-refractivity contribution in [3.05, 3.63) is 65.2 Å². The van der Waals surface area contributed by atoms with Gasteiger partial charge in [0.2, 0.25) is 0 Å². The first kappa shape index (κ1) is 18.0. The van der Waals surface area contributed by atoms with Gasteiger partial charge in [0, 0.05) is 19.3 Å². The Morgan fingerprint density at radius 1 is 1.20 bits per heavy atom. The molecular weight excluding hydrogens is 318 g/mol. The second-order valence-corrected chi connectivity index (χ2v) is 5.40.